The van der Waals surface area contributed by atoms with Gasteiger partial charge in [0.2, 0.25) is 5.91 Å². The molecule has 108 valence electrons. The number of amides is 1. The third-order valence-corrected chi connectivity index (χ3v) is 4.38. The smallest absolute Gasteiger partial charge is 0.234 e. The number of likely N-dealkylation sites (N-methyl/N-ethyl adjacent to an activating group) is 1. The van der Waals surface area contributed by atoms with Gasteiger partial charge >= 0.3 is 0 Å². The van der Waals surface area contributed by atoms with E-state index in [1.807, 2.05) is 30.0 Å². The molecule has 4 heteroatoms. The van der Waals surface area contributed by atoms with E-state index in [1.54, 1.807) is 12.1 Å². The molecule has 1 aliphatic rings. The van der Waals surface area contributed by atoms with Gasteiger partial charge in [-0.3, -0.25) is 4.79 Å². The molecule has 0 fully saturated rings. The van der Waals surface area contributed by atoms with Gasteiger partial charge in [0.25, 0.3) is 0 Å². The van der Waals surface area contributed by atoms with Crippen molar-refractivity contribution < 1.29 is 9.18 Å². The monoisotopic (exact) mass is 347 g/mol. The molecule has 1 heterocycles. The Morgan fingerprint density at radius 3 is 2.57 bits per heavy atom. The Morgan fingerprint density at radius 2 is 1.90 bits per heavy atom. The number of hydrogen-bond acceptors (Lipinski definition) is 1. The minimum absolute atomic E-state index is 0.120. The maximum Gasteiger partial charge on any atom is 0.234 e. The van der Waals surface area contributed by atoms with Crippen molar-refractivity contribution >= 4 is 27.5 Å². The van der Waals surface area contributed by atoms with Crippen molar-refractivity contribution in [1.29, 1.82) is 0 Å². The summed E-state index contributed by atoms with van der Waals surface area (Å²) in [6, 6.07) is 12.3. The van der Waals surface area contributed by atoms with E-state index in [-0.39, 0.29) is 17.6 Å². The van der Waals surface area contributed by atoms with Gasteiger partial charge in [-0.05, 0) is 54.8 Å². The second-order valence-corrected chi connectivity index (χ2v) is 6.08. The molecule has 0 radical (unpaired) electrons. The zero-order valence-corrected chi connectivity index (χ0v) is 13.2. The fourth-order valence-electron chi connectivity index (χ4n) is 2.87. The molecule has 1 atom stereocenters. The number of carbonyl (C=O) groups excluding carboxylic acids is 1. The van der Waals surface area contributed by atoms with Gasteiger partial charge in [-0.15, -0.1) is 0 Å². The highest BCUT2D eigenvalue weighted by Gasteiger charge is 2.36. The van der Waals surface area contributed by atoms with Crippen molar-refractivity contribution in [3.05, 3.63) is 63.9 Å². The molecule has 0 N–H and O–H groups in total. The van der Waals surface area contributed by atoms with Crippen molar-refractivity contribution in [2.24, 2.45) is 0 Å². The van der Waals surface area contributed by atoms with Crippen LogP contribution in [0.1, 0.15) is 24.0 Å². The van der Waals surface area contributed by atoms with Gasteiger partial charge in [-0.2, -0.15) is 0 Å². The van der Waals surface area contributed by atoms with E-state index >= 15 is 0 Å². The fourth-order valence-corrected chi connectivity index (χ4v) is 3.25. The first-order valence-corrected chi connectivity index (χ1v) is 7.74. The number of carbonyl (C=O) groups is 1. The summed E-state index contributed by atoms with van der Waals surface area (Å²) in [5.74, 6) is -0.326. The summed E-state index contributed by atoms with van der Waals surface area (Å²) >= 11 is 3.47. The highest BCUT2D eigenvalue weighted by atomic mass is 79.9. The van der Waals surface area contributed by atoms with Gasteiger partial charge in [0.1, 0.15) is 5.82 Å². The summed E-state index contributed by atoms with van der Waals surface area (Å²) < 4.78 is 14.0. The fraction of sp³-hybridized carbons (Fsp3) is 0.235. The molecule has 21 heavy (non-hydrogen) atoms. The van der Waals surface area contributed by atoms with Crippen LogP contribution in [0.15, 0.2) is 46.9 Å². The lowest BCUT2D eigenvalue weighted by Gasteiger charge is -2.15. The average Bonchev–Trinajstić information content (AvgIpc) is 2.73. The predicted octanol–water partition coefficient (Wildman–Crippen LogP) is 4.28. The van der Waals surface area contributed by atoms with Crippen LogP contribution in [0.3, 0.4) is 0 Å². The standard InChI is InChI=1S/C17H15BrFNO/c1-2-20-16-8-5-12(18)10-14(16)15(17(20)21)9-11-3-6-13(19)7-4-11/h3-8,10,15H,2,9H2,1H3/t15-/m0/s1. The molecule has 1 amide bonds. The zero-order valence-electron chi connectivity index (χ0n) is 11.6. The van der Waals surface area contributed by atoms with Gasteiger partial charge in [-0.1, -0.05) is 28.1 Å². The molecule has 3 rings (SSSR count). The molecule has 2 nitrogen and oxygen atoms in total. The van der Waals surface area contributed by atoms with Crippen molar-refractivity contribution in [3.8, 4) is 0 Å². The van der Waals surface area contributed by atoms with Gasteiger partial charge in [0, 0.05) is 16.7 Å². The van der Waals surface area contributed by atoms with Crippen molar-refractivity contribution in [1.82, 2.24) is 0 Å². The molecule has 2 aromatic carbocycles. The minimum atomic E-state index is -0.255. The maximum atomic E-state index is 13.0. The highest BCUT2D eigenvalue weighted by molar-refractivity contribution is 9.10. The number of halogens is 2. The second kappa shape index (κ2) is 5.60. The maximum absolute atomic E-state index is 13.0. The quantitative estimate of drug-likeness (QED) is 0.811. The van der Waals surface area contributed by atoms with Gasteiger partial charge in [0.15, 0.2) is 0 Å². The highest BCUT2D eigenvalue weighted by Crippen LogP contribution is 2.40. The minimum Gasteiger partial charge on any atom is -0.312 e. The van der Waals surface area contributed by atoms with Crippen LogP contribution in [0.25, 0.3) is 0 Å². The summed E-state index contributed by atoms with van der Waals surface area (Å²) in [7, 11) is 0. The zero-order chi connectivity index (χ0) is 15.0. The van der Waals surface area contributed by atoms with E-state index in [1.165, 1.54) is 12.1 Å². The lowest BCUT2D eigenvalue weighted by Crippen LogP contribution is -2.29. The van der Waals surface area contributed by atoms with E-state index in [0.717, 1.165) is 21.3 Å². The average molecular weight is 348 g/mol. The molecular weight excluding hydrogens is 333 g/mol. The molecule has 0 aliphatic carbocycles. The van der Waals surface area contributed by atoms with E-state index in [4.69, 9.17) is 0 Å². The van der Waals surface area contributed by atoms with Crippen molar-refractivity contribution in [2.45, 2.75) is 19.3 Å². The van der Waals surface area contributed by atoms with E-state index in [2.05, 4.69) is 15.9 Å². The molecule has 0 spiro atoms. The van der Waals surface area contributed by atoms with E-state index in [9.17, 15) is 9.18 Å². The molecule has 0 aromatic heterocycles. The Morgan fingerprint density at radius 1 is 1.19 bits per heavy atom. The van der Waals surface area contributed by atoms with Crippen LogP contribution < -0.4 is 4.90 Å². The van der Waals surface area contributed by atoms with Crippen LogP contribution in [0.4, 0.5) is 10.1 Å². The molecular formula is C17H15BrFNO. The van der Waals surface area contributed by atoms with Crippen LogP contribution in [0.2, 0.25) is 0 Å². The lowest BCUT2D eigenvalue weighted by atomic mass is 9.93. The second-order valence-electron chi connectivity index (χ2n) is 5.17. The SMILES string of the molecule is CCN1C(=O)[C@@H](Cc2ccc(F)cc2)c2cc(Br)ccc21. The molecule has 0 unspecified atom stereocenters. The summed E-state index contributed by atoms with van der Waals surface area (Å²) in [4.78, 5) is 14.4. The summed E-state index contributed by atoms with van der Waals surface area (Å²) in [6.45, 7) is 2.64. The number of nitrogens with zero attached hydrogens (tertiary/aromatic N) is 1. The third-order valence-electron chi connectivity index (χ3n) is 3.89. The van der Waals surface area contributed by atoms with Gasteiger partial charge in [-0.25, -0.2) is 4.39 Å². The summed E-state index contributed by atoms with van der Waals surface area (Å²) in [5.41, 5.74) is 3.00. The number of hydrogen-bond donors (Lipinski definition) is 0. The molecule has 0 saturated heterocycles. The normalized spacial score (nSPS) is 17.2. The Kier molecular flexibility index (Phi) is 3.81. The Hall–Kier alpha value is -1.68. The largest absolute Gasteiger partial charge is 0.312 e. The van der Waals surface area contributed by atoms with Crippen molar-refractivity contribution in [2.75, 3.05) is 11.4 Å². The summed E-state index contributed by atoms with van der Waals surface area (Å²) in [6.07, 6.45) is 0.596. The van der Waals surface area contributed by atoms with Crippen LogP contribution in [-0.2, 0) is 11.2 Å². The summed E-state index contributed by atoms with van der Waals surface area (Å²) in [5, 5.41) is 0. The predicted molar refractivity (Wildman–Crippen MR) is 85.0 cm³/mol. The Bertz CT molecular complexity index is 684. The molecule has 0 saturated carbocycles. The number of anilines is 1. The van der Waals surface area contributed by atoms with E-state index < -0.39 is 0 Å². The van der Waals surface area contributed by atoms with E-state index in [0.29, 0.717) is 13.0 Å². The van der Waals surface area contributed by atoms with Crippen molar-refractivity contribution in [3.63, 3.8) is 0 Å². The topological polar surface area (TPSA) is 20.3 Å². The first kappa shape index (κ1) is 14.3. The third kappa shape index (κ3) is 2.60. The van der Waals surface area contributed by atoms with Crippen LogP contribution >= 0.6 is 15.9 Å². The lowest BCUT2D eigenvalue weighted by molar-refractivity contribution is -0.119. The van der Waals surface area contributed by atoms with Gasteiger partial charge < -0.3 is 4.90 Å². The van der Waals surface area contributed by atoms with Gasteiger partial charge in [0.05, 0.1) is 5.92 Å². The Labute approximate surface area is 131 Å². The van der Waals surface area contributed by atoms with Crippen LogP contribution in [0.5, 0.6) is 0 Å². The number of rotatable bonds is 3. The van der Waals surface area contributed by atoms with Crippen LogP contribution in [-0.4, -0.2) is 12.5 Å². The molecule has 2 aromatic rings. The first-order chi connectivity index (χ1) is 10.1. The molecule has 1 aliphatic heterocycles. The number of fused-ring (bicyclic) bond motifs is 1. The number of benzene rings is 2. The van der Waals surface area contributed by atoms with Crippen LogP contribution in [0, 0.1) is 5.82 Å². The molecule has 0 bridgehead atoms. The first-order valence-electron chi connectivity index (χ1n) is 6.95. The Balaban J connectivity index is 1.97.